The van der Waals surface area contributed by atoms with Gasteiger partial charge in [0.05, 0.1) is 17.6 Å². The number of thioether (sulfide) groups is 1. The molecule has 0 N–H and O–H groups in total. The molecule has 0 spiro atoms. The summed E-state index contributed by atoms with van der Waals surface area (Å²) in [5.74, 6) is -0.497. The van der Waals surface area contributed by atoms with Crippen molar-refractivity contribution in [3.05, 3.63) is 112 Å². The summed E-state index contributed by atoms with van der Waals surface area (Å²) in [4.78, 5) is 4.63. The first-order chi connectivity index (χ1) is 17.0. The normalized spacial score (nSPS) is 12.2. The molecule has 4 aromatic rings. The molecule has 0 saturated carbocycles. The van der Waals surface area contributed by atoms with Gasteiger partial charge in [0.25, 0.3) is 0 Å². The first-order valence-electron chi connectivity index (χ1n) is 11.1. The Kier molecular flexibility index (Phi) is 7.59. The number of aromatic nitrogens is 2. The van der Waals surface area contributed by atoms with Gasteiger partial charge < -0.3 is 0 Å². The van der Waals surface area contributed by atoms with Crippen LogP contribution in [0, 0.1) is 11.6 Å². The zero-order chi connectivity index (χ0) is 26.1. The summed E-state index contributed by atoms with van der Waals surface area (Å²) in [6.45, 7) is 4.08. The minimum Gasteiger partial charge on any atom is -0.291 e. The summed E-state index contributed by atoms with van der Waals surface area (Å²) >= 11 is 7.56. The monoisotopic (exact) mass is 546 g/mol. The van der Waals surface area contributed by atoms with Crippen LogP contribution in [0.5, 0.6) is 0 Å². The van der Waals surface area contributed by atoms with Crippen LogP contribution in [0.25, 0.3) is 5.69 Å². The van der Waals surface area contributed by atoms with Crippen molar-refractivity contribution in [2.45, 2.75) is 35.9 Å². The first-order valence-corrected chi connectivity index (χ1v) is 14.5. The van der Waals surface area contributed by atoms with Crippen LogP contribution in [-0.4, -0.2) is 24.2 Å². The molecule has 0 saturated heterocycles. The van der Waals surface area contributed by atoms with Gasteiger partial charge in [0.2, 0.25) is 0 Å². The van der Waals surface area contributed by atoms with Gasteiger partial charge in [-0.05, 0) is 47.5 Å². The van der Waals surface area contributed by atoms with Crippen LogP contribution in [-0.2, 0) is 26.8 Å². The zero-order valence-corrected chi connectivity index (χ0v) is 22.4. The average molecular weight is 547 g/mol. The number of sulfone groups is 1. The quantitative estimate of drug-likeness (QED) is 0.224. The van der Waals surface area contributed by atoms with Gasteiger partial charge in [-0.25, -0.2) is 22.2 Å². The standard InChI is InChI=1S/C27H25ClF2N2O2S2/c1-27(2,19-9-7-18(8-10-19)17-36(3,33)34)25-15-31-26(32(25)21-13-11-20(29)12-14-21)35-16-22-23(28)5-4-6-24(22)30/h4-15H,16-17H2,1-3H3. The van der Waals surface area contributed by atoms with E-state index in [4.69, 9.17) is 11.6 Å². The number of halogens is 3. The summed E-state index contributed by atoms with van der Waals surface area (Å²) in [6, 6.07) is 18.1. The molecule has 0 radical (unpaired) electrons. The lowest BCUT2D eigenvalue weighted by Crippen LogP contribution is -2.23. The molecule has 0 bridgehead atoms. The average Bonchev–Trinajstić information content (AvgIpc) is 3.23. The Labute approximate surface area is 219 Å². The molecular formula is C27H25ClF2N2O2S2. The third-order valence-corrected chi connectivity index (χ3v) is 8.16. The summed E-state index contributed by atoms with van der Waals surface area (Å²) in [5, 5.41) is 0.954. The van der Waals surface area contributed by atoms with E-state index in [0.717, 1.165) is 11.3 Å². The fraction of sp³-hybridized carbons (Fsp3) is 0.222. The van der Waals surface area contributed by atoms with E-state index in [1.807, 2.05) is 42.7 Å². The van der Waals surface area contributed by atoms with E-state index in [9.17, 15) is 17.2 Å². The highest BCUT2D eigenvalue weighted by molar-refractivity contribution is 7.98. The van der Waals surface area contributed by atoms with Crippen LogP contribution >= 0.6 is 23.4 Å². The second-order valence-corrected chi connectivity index (χ2v) is 12.6. The number of hydrogen-bond acceptors (Lipinski definition) is 4. The van der Waals surface area contributed by atoms with Crippen LogP contribution in [0.2, 0.25) is 5.02 Å². The molecule has 0 aliphatic carbocycles. The van der Waals surface area contributed by atoms with Crippen LogP contribution in [0.1, 0.15) is 36.2 Å². The SMILES string of the molecule is CC(C)(c1ccc(CS(C)(=O)=O)cc1)c1cnc(SCc2c(F)cccc2Cl)n1-c1ccc(F)cc1. The Bertz CT molecular complexity index is 1460. The van der Waals surface area contributed by atoms with Gasteiger partial charge in [-0.3, -0.25) is 4.57 Å². The minimum atomic E-state index is -3.14. The van der Waals surface area contributed by atoms with Crippen LogP contribution in [0.15, 0.2) is 78.1 Å². The van der Waals surface area contributed by atoms with Crippen molar-refractivity contribution >= 4 is 33.2 Å². The van der Waals surface area contributed by atoms with Crippen molar-refractivity contribution in [2.24, 2.45) is 0 Å². The Morgan fingerprint density at radius 3 is 2.28 bits per heavy atom. The molecule has 0 aliphatic rings. The summed E-state index contributed by atoms with van der Waals surface area (Å²) in [5.41, 5.74) is 3.07. The largest absolute Gasteiger partial charge is 0.291 e. The van der Waals surface area contributed by atoms with Crippen molar-refractivity contribution in [2.75, 3.05) is 6.26 Å². The van der Waals surface area contributed by atoms with E-state index in [2.05, 4.69) is 4.98 Å². The van der Waals surface area contributed by atoms with Gasteiger partial charge >= 0.3 is 0 Å². The number of imidazole rings is 1. The molecule has 0 atom stereocenters. The molecule has 0 aliphatic heterocycles. The second-order valence-electron chi connectivity index (χ2n) is 9.12. The minimum absolute atomic E-state index is 0.0272. The fourth-order valence-electron chi connectivity index (χ4n) is 3.99. The van der Waals surface area contributed by atoms with Crippen molar-refractivity contribution in [1.29, 1.82) is 0 Å². The number of benzene rings is 3. The molecule has 188 valence electrons. The van der Waals surface area contributed by atoms with Crippen molar-refractivity contribution < 1.29 is 17.2 Å². The molecule has 4 rings (SSSR count). The zero-order valence-electron chi connectivity index (χ0n) is 20.0. The van der Waals surface area contributed by atoms with Crippen molar-refractivity contribution in [3.63, 3.8) is 0 Å². The van der Waals surface area contributed by atoms with Gasteiger partial charge in [0, 0.05) is 33.7 Å². The molecule has 36 heavy (non-hydrogen) atoms. The highest BCUT2D eigenvalue weighted by Crippen LogP contribution is 2.37. The number of nitrogens with zero attached hydrogens (tertiary/aromatic N) is 2. The Morgan fingerprint density at radius 1 is 1.00 bits per heavy atom. The summed E-state index contributed by atoms with van der Waals surface area (Å²) < 4.78 is 53.3. The molecule has 0 unspecified atom stereocenters. The van der Waals surface area contributed by atoms with E-state index in [1.165, 1.54) is 36.2 Å². The van der Waals surface area contributed by atoms with E-state index in [1.54, 1.807) is 30.5 Å². The smallest absolute Gasteiger partial charge is 0.173 e. The number of hydrogen-bond donors (Lipinski definition) is 0. The number of rotatable bonds is 8. The molecule has 3 aromatic carbocycles. The first kappa shape index (κ1) is 26.4. The van der Waals surface area contributed by atoms with Crippen molar-refractivity contribution in [3.8, 4) is 5.69 Å². The van der Waals surface area contributed by atoms with Crippen LogP contribution in [0.4, 0.5) is 8.78 Å². The highest BCUT2D eigenvalue weighted by Gasteiger charge is 2.29. The van der Waals surface area contributed by atoms with Crippen LogP contribution < -0.4 is 0 Å². The van der Waals surface area contributed by atoms with E-state index < -0.39 is 15.3 Å². The van der Waals surface area contributed by atoms with Gasteiger partial charge in [-0.1, -0.05) is 67.5 Å². The van der Waals surface area contributed by atoms with E-state index in [-0.39, 0.29) is 23.1 Å². The van der Waals surface area contributed by atoms with E-state index in [0.29, 0.717) is 27.0 Å². The molecule has 1 aromatic heterocycles. The maximum Gasteiger partial charge on any atom is 0.173 e. The predicted octanol–water partition coefficient (Wildman–Crippen LogP) is 6.97. The topological polar surface area (TPSA) is 52.0 Å². The lowest BCUT2D eigenvalue weighted by molar-refractivity contribution is 0.591. The predicted molar refractivity (Wildman–Crippen MR) is 142 cm³/mol. The third-order valence-electron chi connectivity index (χ3n) is 5.97. The molecular weight excluding hydrogens is 522 g/mol. The lowest BCUT2D eigenvalue weighted by Gasteiger charge is -2.27. The second kappa shape index (κ2) is 10.4. The third kappa shape index (κ3) is 5.82. The van der Waals surface area contributed by atoms with E-state index >= 15 is 0 Å². The lowest BCUT2D eigenvalue weighted by atomic mass is 9.81. The Morgan fingerprint density at radius 2 is 1.67 bits per heavy atom. The Hall–Kier alpha value is -2.68. The molecule has 9 heteroatoms. The van der Waals surface area contributed by atoms with Gasteiger partial charge in [0.1, 0.15) is 11.6 Å². The Balaban J connectivity index is 1.74. The summed E-state index contributed by atoms with van der Waals surface area (Å²) in [6.07, 6.45) is 2.97. The maximum atomic E-state index is 14.4. The maximum absolute atomic E-state index is 14.4. The van der Waals surface area contributed by atoms with Gasteiger partial charge in [0.15, 0.2) is 15.0 Å². The highest BCUT2D eigenvalue weighted by atomic mass is 35.5. The van der Waals surface area contributed by atoms with Gasteiger partial charge in [-0.15, -0.1) is 0 Å². The molecule has 4 nitrogen and oxygen atoms in total. The van der Waals surface area contributed by atoms with Gasteiger partial charge in [-0.2, -0.15) is 0 Å². The summed E-state index contributed by atoms with van der Waals surface area (Å²) in [7, 11) is -3.14. The molecule has 0 amide bonds. The van der Waals surface area contributed by atoms with Crippen molar-refractivity contribution in [1.82, 2.24) is 9.55 Å². The molecule has 1 heterocycles. The fourth-order valence-corrected chi connectivity index (χ4v) is 6.13. The molecule has 0 fully saturated rings. The van der Waals surface area contributed by atoms with Crippen LogP contribution in [0.3, 0.4) is 0 Å².